The zero-order valence-corrected chi connectivity index (χ0v) is 10.9. The summed E-state index contributed by atoms with van der Waals surface area (Å²) in [5.41, 5.74) is 0.883. The normalized spacial score (nSPS) is 15.0. The van der Waals surface area contributed by atoms with E-state index in [4.69, 9.17) is 0 Å². The summed E-state index contributed by atoms with van der Waals surface area (Å²) < 4.78 is 22.4. The van der Waals surface area contributed by atoms with E-state index in [1.54, 1.807) is 31.5 Å². The van der Waals surface area contributed by atoms with Gasteiger partial charge in [-0.15, -0.1) is 0 Å². The Morgan fingerprint density at radius 2 is 1.82 bits per heavy atom. The van der Waals surface area contributed by atoms with Crippen LogP contribution in [0.5, 0.6) is 0 Å². The second-order valence-electron chi connectivity index (χ2n) is 3.98. The molecule has 1 aromatic heterocycles. The standard InChI is InChI=1S/C11H16N2O3S/c1-8(10-4-6-12-7-5-10)13-11(14)9(2)17(3,15)16/h4-9H,1-3H3,(H,13,14)/t8-,9+/m0/s1. The average molecular weight is 256 g/mol. The summed E-state index contributed by atoms with van der Waals surface area (Å²) in [6.45, 7) is 3.17. The monoisotopic (exact) mass is 256 g/mol. The molecule has 0 fully saturated rings. The van der Waals surface area contributed by atoms with Crippen LogP contribution in [0.4, 0.5) is 0 Å². The molecule has 0 aliphatic rings. The molecule has 0 bridgehead atoms. The Bertz CT molecular complexity index is 485. The van der Waals surface area contributed by atoms with Gasteiger partial charge in [0.2, 0.25) is 5.91 Å². The number of hydrogen-bond acceptors (Lipinski definition) is 4. The summed E-state index contributed by atoms with van der Waals surface area (Å²) in [4.78, 5) is 15.5. The highest BCUT2D eigenvalue weighted by molar-refractivity contribution is 7.92. The van der Waals surface area contributed by atoms with Crippen LogP contribution in [-0.4, -0.2) is 30.8 Å². The van der Waals surface area contributed by atoms with E-state index in [9.17, 15) is 13.2 Å². The Hall–Kier alpha value is -1.43. The van der Waals surface area contributed by atoms with E-state index in [-0.39, 0.29) is 6.04 Å². The number of aromatic nitrogens is 1. The predicted molar refractivity (Wildman–Crippen MR) is 65.1 cm³/mol. The van der Waals surface area contributed by atoms with E-state index in [0.717, 1.165) is 11.8 Å². The molecule has 94 valence electrons. The molecule has 0 aliphatic heterocycles. The largest absolute Gasteiger partial charge is 0.348 e. The Balaban J connectivity index is 2.71. The number of carbonyl (C=O) groups is 1. The SMILES string of the molecule is C[C@H](NC(=O)[C@@H](C)S(C)(=O)=O)c1ccncc1. The Kier molecular flexibility index (Phi) is 4.22. The van der Waals surface area contributed by atoms with Crippen molar-refractivity contribution >= 4 is 15.7 Å². The Morgan fingerprint density at radius 1 is 1.29 bits per heavy atom. The fourth-order valence-corrected chi connectivity index (χ4v) is 1.72. The quantitative estimate of drug-likeness (QED) is 0.860. The van der Waals surface area contributed by atoms with Gasteiger partial charge in [0.15, 0.2) is 9.84 Å². The summed E-state index contributed by atoms with van der Waals surface area (Å²) in [6.07, 6.45) is 4.30. The van der Waals surface area contributed by atoms with Crippen LogP contribution in [0.15, 0.2) is 24.5 Å². The van der Waals surface area contributed by atoms with Crippen LogP contribution in [0.2, 0.25) is 0 Å². The van der Waals surface area contributed by atoms with E-state index in [0.29, 0.717) is 0 Å². The van der Waals surface area contributed by atoms with Crippen molar-refractivity contribution in [2.75, 3.05) is 6.26 Å². The topological polar surface area (TPSA) is 76.1 Å². The zero-order chi connectivity index (χ0) is 13.1. The molecule has 0 saturated carbocycles. The van der Waals surface area contributed by atoms with Gasteiger partial charge in [-0.3, -0.25) is 9.78 Å². The van der Waals surface area contributed by atoms with Gasteiger partial charge in [0.1, 0.15) is 5.25 Å². The van der Waals surface area contributed by atoms with E-state index in [2.05, 4.69) is 10.3 Å². The lowest BCUT2D eigenvalue weighted by Crippen LogP contribution is -2.38. The third-order valence-corrected chi connectivity index (χ3v) is 4.07. The second-order valence-corrected chi connectivity index (χ2v) is 6.35. The van der Waals surface area contributed by atoms with Crippen LogP contribution in [0.25, 0.3) is 0 Å². The smallest absolute Gasteiger partial charge is 0.238 e. The van der Waals surface area contributed by atoms with Gasteiger partial charge in [0.25, 0.3) is 0 Å². The van der Waals surface area contributed by atoms with E-state index in [1.807, 2.05) is 0 Å². The summed E-state index contributed by atoms with van der Waals surface area (Å²) in [5.74, 6) is -0.489. The lowest BCUT2D eigenvalue weighted by atomic mass is 10.1. The van der Waals surface area contributed by atoms with Crippen molar-refractivity contribution in [3.05, 3.63) is 30.1 Å². The van der Waals surface area contributed by atoms with Gasteiger partial charge in [-0.2, -0.15) is 0 Å². The first-order chi connectivity index (χ1) is 7.82. The number of hydrogen-bond donors (Lipinski definition) is 1. The molecule has 1 heterocycles. The number of amides is 1. The maximum atomic E-state index is 11.7. The maximum Gasteiger partial charge on any atom is 0.238 e. The van der Waals surface area contributed by atoms with Crippen molar-refractivity contribution in [3.63, 3.8) is 0 Å². The zero-order valence-electron chi connectivity index (χ0n) is 10.0. The molecule has 1 rings (SSSR count). The minimum absolute atomic E-state index is 0.241. The van der Waals surface area contributed by atoms with Crippen LogP contribution in [0.3, 0.4) is 0 Å². The highest BCUT2D eigenvalue weighted by Gasteiger charge is 2.24. The molecule has 0 aromatic carbocycles. The first-order valence-electron chi connectivity index (χ1n) is 5.21. The molecule has 0 aliphatic carbocycles. The van der Waals surface area contributed by atoms with E-state index >= 15 is 0 Å². The van der Waals surface area contributed by atoms with E-state index < -0.39 is 21.0 Å². The second kappa shape index (κ2) is 5.27. The van der Waals surface area contributed by atoms with Crippen molar-refractivity contribution < 1.29 is 13.2 Å². The van der Waals surface area contributed by atoms with Gasteiger partial charge in [0.05, 0.1) is 6.04 Å². The minimum atomic E-state index is -3.35. The average Bonchev–Trinajstić information content (AvgIpc) is 2.27. The molecule has 17 heavy (non-hydrogen) atoms. The van der Waals surface area contributed by atoms with Crippen molar-refractivity contribution in [3.8, 4) is 0 Å². The first kappa shape index (κ1) is 13.6. The number of sulfone groups is 1. The number of carbonyl (C=O) groups excluding carboxylic acids is 1. The van der Waals surface area contributed by atoms with Crippen LogP contribution in [0, 0.1) is 0 Å². The first-order valence-corrected chi connectivity index (χ1v) is 7.17. The molecular formula is C11H16N2O3S. The molecule has 2 atom stereocenters. The Morgan fingerprint density at radius 3 is 2.29 bits per heavy atom. The summed E-state index contributed by atoms with van der Waals surface area (Å²) in [6, 6.07) is 3.31. The van der Waals surface area contributed by atoms with Gasteiger partial charge >= 0.3 is 0 Å². The van der Waals surface area contributed by atoms with Crippen molar-refractivity contribution in [1.29, 1.82) is 0 Å². The third-order valence-electron chi connectivity index (χ3n) is 2.58. The summed E-state index contributed by atoms with van der Waals surface area (Å²) in [7, 11) is -3.35. The van der Waals surface area contributed by atoms with Crippen LogP contribution in [-0.2, 0) is 14.6 Å². The molecule has 1 aromatic rings. The van der Waals surface area contributed by atoms with Gasteiger partial charge in [0, 0.05) is 18.6 Å². The molecule has 6 heteroatoms. The van der Waals surface area contributed by atoms with Crippen molar-refractivity contribution in [2.45, 2.75) is 25.1 Å². The van der Waals surface area contributed by atoms with Crippen molar-refractivity contribution in [1.82, 2.24) is 10.3 Å². The van der Waals surface area contributed by atoms with E-state index in [1.165, 1.54) is 6.92 Å². The molecule has 1 amide bonds. The van der Waals surface area contributed by atoms with Gasteiger partial charge in [-0.1, -0.05) is 0 Å². The highest BCUT2D eigenvalue weighted by Crippen LogP contribution is 2.11. The lowest BCUT2D eigenvalue weighted by Gasteiger charge is -2.16. The minimum Gasteiger partial charge on any atom is -0.348 e. The number of nitrogens with zero attached hydrogens (tertiary/aromatic N) is 1. The molecule has 5 nitrogen and oxygen atoms in total. The van der Waals surface area contributed by atoms with Crippen LogP contribution < -0.4 is 5.32 Å². The summed E-state index contributed by atoms with van der Waals surface area (Å²) >= 11 is 0. The Labute approximate surface area is 101 Å². The molecule has 0 radical (unpaired) electrons. The number of nitrogens with one attached hydrogen (secondary N) is 1. The maximum absolute atomic E-state index is 11.7. The molecule has 0 spiro atoms. The van der Waals surface area contributed by atoms with Crippen LogP contribution >= 0.6 is 0 Å². The van der Waals surface area contributed by atoms with Crippen LogP contribution in [0.1, 0.15) is 25.5 Å². The predicted octanol–water partition coefficient (Wildman–Crippen LogP) is 0.692. The number of pyridine rings is 1. The fraction of sp³-hybridized carbons (Fsp3) is 0.455. The third kappa shape index (κ3) is 3.81. The van der Waals surface area contributed by atoms with Gasteiger partial charge < -0.3 is 5.32 Å². The van der Waals surface area contributed by atoms with Gasteiger partial charge in [-0.05, 0) is 31.5 Å². The number of rotatable bonds is 4. The molecule has 1 N–H and O–H groups in total. The van der Waals surface area contributed by atoms with Gasteiger partial charge in [-0.25, -0.2) is 8.42 Å². The fourth-order valence-electron chi connectivity index (χ4n) is 1.26. The lowest BCUT2D eigenvalue weighted by molar-refractivity contribution is -0.121. The summed E-state index contributed by atoms with van der Waals surface area (Å²) in [5, 5.41) is 1.62. The van der Waals surface area contributed by atoms with Crippen molar-refractivity contribution in [2.24, 2.45) is 0 Å². The molecule has 0 saturated heterocycles. The molecular weight excluding hydrogens is 240 g/mol. The molecule has 0 unspecified atom stereocenters. The highest BCUT2D eigenvalue weighted by atomic mass is 32.2.